The molecular formula is C16H18FN3O. The average Bonchev–Trinajstić information content (AvgIpc) is 2.46. The fourth-order valence-corrected chi connectivity index (χ4v) is 1.84. The quantitative estimate of drug-likeness (QED) is 0.889. The molecule has 2 aromatic rings. The predicted octanol–water partition coefficient (Wildman–Crippen LogP) is 2.97. The van der Waals surface area contributed by atoms with E-state index in [1.54, 1.807) is 36.5 Å². The van der Waals surface area contributed by atoms with E-state index in [0.29, 0.717) is 17.8 Å². The molecule has 2 rings (SSSR count). The van der Waals surface area contributed by atoms with E-state index >= 15 is 0 Å². The molecule has 2 N–H and O–H groups in total. The van der Waals surface area contributed by atoms with Gasteiger partial charge in [-0.25, -0.2) is 4.39 Å². The van der Waals surface area contributed by atoms with E-state index in [4.69, 9.17) is 0 Å². The molecule has 0 unspecified atom stereocenters. The van der Waals surface area contributed by atoms with Gasteiger partial charge in [-0.05, 0) is 32.0 Å². The Balaban J connectivity index is 2.04. The van der Waals surface area contributed by atoms with Crippen LogP contribution in [0.4, 0.5) is 10.1 Å². The van der Waals surface area contributed by atoms with Gasteiger partial charge in [-0.15, -0.1) is 0 Å². The van der Waals surface area contributed by atoms with Crippen LogP contribution < -0.4 is 10.6 Å². The molecule has 0 fully saturated rings. The number of pyridine rings is 1. The van der Waals surface area contributed by atoms with Crippen molar-refractivity contribution in [3.05, 3.63) is 59.7 Å². The fraction of sp³-hybridized carbons (Fsp3) is 0.250. The number of hydrogen-bond donors (Lipinski definition) is 2. The van der Waals surface area contributed by atoms with Crippen LogP contribution in [0, 0.1) is 5.82 Å². The maximum atomic E-state index is 13.5. The van der Waals surface area contributed by atoms with Crippen LogP contribution in [0.1, 0.15) is 29.9 Å². The van der Waals surface area contributed by atoms with E-state index in [2.05, 4.69) is 15.6 Å². The van der Waals surface area contributed by atoms with Gasteiger partial charge in [-0.1, -0.05) is 18.2 Å². The maximum Gasteiger partial charge on any atom is 0.270 e. The van der Waals surface area contributed by atoms with Crippen LogP contribution in [0.5, 0.6) is 0 Å². The van der Waals surface area contributed by atoms with Crippen LogP contribution in [-0.2, 0) is 6.54 Å². The van der Waals surface area contributed by atoms with Gasteiger partial charge in [-0.3, -0.25) is 9.78 Å². The third kappa shape index (κ3) is 4.27. The minimum Gasteiger partial charge on any atom is -0.381 e. The molecule has 0 aliphatic heterocycles. The van der Waals surface area contributed by atoms with Crippen LogP contribution in [0.2, 0.25) is 0 Å². The van der Waals surface area contributed by atoms with E-state index in [9.17, 15) is 9.18 Å². The second kappa shape index (κ2) is 6.83. The molecule has 0 saturated carbocycles. The van der Waals surface area contributed by atoms with Gasteiger partial charge >= 0.3 is 0 Å². The number of anilines is 1. The molecule has 110 valence electrons. The Morgan fingerprint density at radius 3 is 2.76 bits per heavy atom. The lowest BCUT2D eigenvalue weighted by atomic mass is 10.2. The number of nitrogens with one attached hydrogen (secondary N) is 2. The lowest BCUT2D eigenvalue weighted by molar-refractivity contribution is 0.0938. The number of carbonyl (C=O) groups excluding carboxylic acids is 1. The number of benzene rings is 1. The lowest BCUT2D eigenvalue weighted by Crippen LogP contribution is -2.30. The van der Waals surface area contributed by atoms with Crippen LogP contribution in [0.25, 0.3) is 0 Å². The summed E-state index contributed by atoms with van der Waals surface area (Å²) in [5, 5.41) is 5.87. The van der Waals surface area contributed by atoms with Gasteiger partial charge in [0, 0.05) is 30.0 Å². The van der Waals surface area contributed by atoms with Crippen LogP contribution in [0.15, 0.2) is 42.6 Å². The summed E-state index contributed by atoms with van der Waals surface area (Å²) in [6.07, 6.45) is 1.55. The molecule has 5 heteroatoms. The van der Waals surface area contributed by atoms with Crippen molar-refractivity contribution in [2.75, 3.05) is 5.32 Å². The Labute approximate surface area is 123 Å². The van der Waals surface area contributed by atoms with Gasteiger partial charge in [0.1, 0.15) is 11.5 Å². The fourth-order valence-electron chi connectivity index (χ4n) is 1.84. The third-order valence-corrected chi connectivity index (χ3v) is 2.85. The number of aromatic nitrogens is 1. The van der Waals surface area contributed by atoms with E-state index in [1.807, 2.05) is 13.8 Å². The van der Waals surface area contributed by atoms with E-state index in [0.717, 1.165) is 5.69 Å². The highest BCUT2D eigenvalue weighted by Gasteiger charge is 2.09. The van der Waals surface area contributed by atoms with Gasteiger partial charge in [0.05, 0.1) is 0 Å². The third-order valence-electron chi connectivity index (χ3n) is 2.85. The molecule has 0 radical (unpaired) electrons. The summed E-state index contributed by atoms with van der Waals surface area (Å²) in [5.41, 5.74) is 1.63. The summed E-state index contributed by atoms with van der Waals surface area (Å²) in [5.74, 6) is -0.476. The molecule has 4 nitrogen and oxygen atoms in total. The first-order valence-corrected chi connectivity index (χ1v) is 6.80. The van der Waals surface area contributed by atoms with Gasteiger partial charge in [0.25, 0.3) is 5.91 Å². The van der Waals surface area contributed by atoms with E-state index in [1.165, 1.54) is 6.07 Å². The Morgan fingerprint density at radius 1 is 1.29 bits per heavy atom. The van der Waals surface area contributed by atoms with Crippen LogP contribution in [0.3, 0.4) is 0 Å². The molecule has 1 amide bonds. The number of rotatable bonds is 5. The van der Waals surface area contributed by atoms with Crippen LogP contribution >= 0.6 is 0 Å². The largest absolute Gasteiger partial charge is 0.381 e. The summed E-state index contributed by atoms with van der Waals surface area (Å²) < 4.78 is 13.5. The number of nitrogens with zero attached hydrogens (tertiary/aromatic N) is 1. The SMILES string of the molecule is CC(C)NC(=O)c1cc(NCc2ccccc2F)ccn1. The van der Waals surface area contributed by atoms with Crippen LogP contribution in [-0.4, -0.2) is 16.9 Å². The van der Waals surface area contributed by atoms with Crippen molar-refractivity contribution < 1.29 is 9.18 Å². The number of halogens is 1. The minimum absolute atomic E-state index is 0.0503. The summed E-state index contributed by atoms with van der Waals surface area (Å²) in [6, 6.07) is 10.0. The van der Waals surface area contributed by atoms with Crippen molar-refractivity contribution >= 4 is 11.6 Å². The maximum absolute atomic E-state index is 13.5. The Hall–Kier alpha value is -2.43. The molecule has 0 aliphatic rings. The Bertz CT molecular complexity index is 628. The first-order chi connectivity index (χ1) is 10.1. The highest BCUT2D eigenvalue weighted by Crippen LogP contribution is 2.12. The molecule has 0 aliphatic carbocycles. The predicted molar refractivity (Wildman–Crippen MR) is 80.6 cm³/mol. The number of hydrogen-bond acceptors (Lipinski definition) is 3. The topological polar surface area (TPSA) is 54.0 Å². The minimum atomic E-state index is -0.253. The van der Waals surface area contributed by atoms with Gasteiger partial charge in [0.15, 0.2) is 0 Å². The summed E-state index contributed by atoms with van der Waals surface area (Å²) >= 11 is 0. The molecular weight excluding hydrogens is 269 g/mol. The normalized spacial score (nSPS) is 10.5. The van der Waals surface area contributed by atoms with E-state index in [-0.39, 0.29) is 17.8 Å². The smallest absolute Gasteiger partial charge is 0.270 e. The number of carbonyl (C=O) groups is 1. The summed E-state index contributed by atoms with van der Waals surface area (Å²) in [4.78, 5) is 15.9. The molecule has 1 aromatic heterocycles. The zero-order valence-electron chi connectivity index (χ0n) is 12.1. The van der Waals surface area contributed by atoms with Gasteiger partial charge < -0.3 is 10.6 Å². The van der Waals surface area contributed by atoms with Crippen molar-refractivity contribution in [2.45, 2.75) is 26.4 Å². The summed E-state index contributed by atoms with van der Waals surface area (Å²) in [7, 11) is 0. The van der Waals surface area contributed by atoms with Crippen molar-refractivity contribution in [2.24, 2.45) is 0 Å². The molecule has 0 saturated heterocycles. The van der Waals surface area contributed by atoms with Crippen molar-refractivity contribution in [1.82, 2.24) is 10.3 Å². The van der Waals surface area contributed by atoms with Crippen molar-refractivity contribution in [3.63, 3.8) is 0 Å². The number of amides is 1. The second-order valence-electron chi connectivity index (χ2n) is 5.00. The zero-order valence-corrected chi connectivity index (χ0v) is 12.1. The monoisotopic (exact) mass is 287 g/mol. The lowest BCUT2D eigenvalue weighted by Gasteiger charge is -2.10. The highest BCUT2D eigenvalue weighted by atomic mass is 19.1. The highest BCUT2D eigenvalue weighted by molar-refractivity contribution is 5.93. The standard InChI is InChI=1S/C16H18FN3O/c1-11(2)20-16(21)15-9-13(7-8-18-15)19-10-12-5-3-4-6-14(12)17/h3-9,11H,10H2,1-2H3,(H,18,19)(H,20,21). The van der Waals surface area contributed by atoms with Gasteiger partial charge in [-0.2, -0.15) is 0 Å². The average molecular weight is 287 g/mol. The van der Waals surface area contributed by atoms with Gasteiger partial charge in [0.2, 0.25) is 0 Å². The Kier molecular flexibility index (Phi) is 4.87. The Morgan fingerprint density at radius 2 is 2.05 bits per heavy atom. The van der Waals surface area contributed by atoms with E-state index < -0.39 is 0 Å². The summed E-state index contributed by atoms with van der Waals surface area (Å²) in [6.45, 7) is 4.12. The second-order valence-corrected chi connectivity index (χ2v) is 5.00. The first kappa shape index (κ1) is 15.0. The molecule has 1 aromatic carbocycles. The molecule has 0 atom stereocenters. The van der Waals surface area contributed by atoms with Crippen molar-refractivity contribution in [3.8, 4) is 0 Å². The molecule has 1 heterocycles. The van der Waals surface area contributed by atoms with Crippen molar-refractivity contribution in [1.29, 1.82) is 0 Å². The molecule has 0 bridgehead atoms. The zero-order chi connectivity index (χ0) is 15.2. The first-order valence-electron chi connectivity index (χ1n) is 6.80. The molecule has 0 spiro atoms. The molecule has 21 heavy (non-hydrogen) atoms.